The summed E-state index contributed by atoms with van der Waals surface area (Å²) in [6.07, 6.45) is 3.13. The van der Waals surface area contributed by atoms with E-state index in [0.717, 1.165) is 17.2 Å². The van der Waals surface area contributed by atoms with Gasteiger partial charge in [-0.15, -0.1) is 5.10 Å². The molecule has 2 heterocycles. The Bertz CT molecular complexity index is 1450. The summed E-state index contributed by atoms with van der Waals surface area (Å²) in [5.74, 6) is -1.76. The van der Waals surface area contributed by atoms with Gasteiger partial charge in [0.05, 0.1) is 12.7 Å². The van der Waals surface area contributed by atoms with Crippen LogP contribution < -0.4 is 0 Å². The average Bonchev–Trinajstić information content (AvgIpc) is 3.49. The van der Waals surface area contributed by atoms with Crippen LogP contribution in [0.4, 0.5) is 8.78 Å². The van der Waals surface area contributed by atoms with Gasteiger partial charge in [-0.25, -0.2) is 18.3 Å². The summed E-state index contributed by atoms with van der Waals surface area (Å²) in [5, 5.41) is 7.97. The molecule has 7 nitrogen and oxygen atoms in total. The Morgan fingerprint density at radius 1 is 0.838 bits per heavy atom. The molecule has 5 rings (SSSR count). The van der Waals surface area contributed by atoms with Crippen LogP contribution >= 0.6 is 0 Å². The molecule has 1 aliphatic heterocycles. The number of allylic oxidation sites excluding steroid dienone is 1. The van der Waals surface area contributed by atoms with Gasteiger partial charge in [0, 0.05) is 11.6 Å². The number of nitrogens with zero attached hydrogens (tertiary/aromatic N) is 3. The van der Waals surface area contributed by atoms with Gasteiger partial charge in [0.25, 0.3) is 5.76 Å². The first kappa shape index (κ1) is 23.9. The number of benzene rings is 3. The number of rotatable bonds is 9. The van der Waals surface area contributed by atoms with Gasteiger partial charge < -0.3 is 14.2 Å². The van der Waals surface area contributed by atoms with Gasteiger partial charge in [0.1, 0.15) is 30.5 Å². The maximum Gasteiger partial charge on any atom is 0.383 e. The SMILES string of the molecule is O=C1O/C(=C\Cn2cc(-c3cc(F)cc(F)c3)nn2)C(OCc2ccccc2)=C1OCc1ccccc1. The van der Waals surface area contributed by atoms with Crippen LogP contribution in [-0.4, -0.2) is 21.0 Å². The molecule has 0 spiro atoms. The highest BCUT2D eigenvalue weighted by Crippen LogP contribution is 2.30. The lowest BCUT2D eigenvalue weighted by atomic mass is 10.1. The minimum Gasteiger partial charge on any atom is -0.481 e. The van der Waals surface area contributed by atoms with Crippen molar-refractivity contribution in [3.63, 3.8) is 0 Å². The Labute approximate surface area is 211 Å². The number of aromatic nitrogens is 3. The smallest absolute Gasteiger partial charge is 0.383 e. The topological polar surface area (TPSA) is 75.5 Å². The molecule has 186 valence electrons. The van der Waals surface area contributed by atoms with E-state index in [9.17, 15) is 13.6 Å². The highest BCUT2D eigenvalue weighted by Gasteiger charge is 2.34. The van der Waals surface area contributed by atoms with Crippen LogP contribution in [0.1, 0.15) is 11.1 Å². The number of hydrogen-bond donors (Lipinski definition) is 0. The minimum atomic E-state index is -0.710. The van der Waals surface area contributed by atoms with E-state index < -0.39 is 17.6 Å². The van der Waals surface area contributed by atoms with E-state index in [1.54, 1.807) is 6.08 Å². The van der Waals surface area contributed by atoms with Crippen LogP contribution in [-0.2, 0) is 38.8 Å². The van der Waals surface area contributed by atoms with Crippen molar-refractivity contribution in [3.05, 3.63) is 131 Å². The lowest BCUT2D eigenvalue weighted by Gasteiger charge is -2.10. The fraction of sp³-hybridized carbons (Fsp3) is 0.107. The molecule has 37 heavy (non-hydrogen) atoms. The van der Waals surface area contributed by atoms with Crippen molar-refractivity contribution in [1.29, 1.82) is 0 Å². The monoisotopic (exact) mass is 501 g/mol. The maximum atomic E-state index is 13.6. The van der Waals surface area contributed by atoms with Crippen molar-refractivity contribution in [2.45, 2.75) is 19.8 Å². The number of ether oxygens (including phenoxy) is 3. The van der Waals surface area contributed by atoms with Crippen molar-refractivity contribution in [2.24, 2.45) is 0 Å². The molecule has 1 aromatic heterocycles. The standard InChI is InChI=1S/C28H21F2N3O4/c29-22-13-21(14-23(30)15-22)24-16-33(32-31-24)12-11-25-26(35-17-19-7-3-1-4-8-19)27(28(34)37-25)36-18-20-9-5-2-6-10-20/h1-11,13-16H,12,17-18H2/b25-11-. The highest BCUT2D eigenvalue weighted by molar-refractivity contribution is 5.91. The van der Waals surface area contributed by atoms with Crippen molar-refractivity contribution in [1.82, 2.24) is 15.0 Å². The zero-order valence-corrected chi connectivity index (χ0v) is 19.5. The summed E-state index contributed by atoms with van der Waals surface area (Å²) in [4.78, 5) is 12.7. The van der Waals surface area contributed by atoms with Crippen molar-refractivity contribution >= 4 is 5.97 Å². The molecule has 0 N–H and O–H groups in total. The van der Waals surface area contributed by atoms with Crippen LogP contribution in [0.2, 0.25) is 0 Å². The summed E-state index contributed by atoms with van der Waals surface area (Å²) < 4.78 is 45.8. The first-order chi connectivity index (χ1) is 18.0. The Kier molecular flexibility index (Phi) is 7.02. The molecule has 0 atom stereocenters. The van der Waals surface area contributed by atoms with Crippen LogP contribution in [0, 0.1) is 11.6 Å². The molecule has 3 aromatic carbocycles. The van der Waals surface area contributed by atoms with E-state index in [-0.39, 0.29) is 42.6 Å². The highest BCUT2D eigenvalue weighted by atomic mass is 19.1. The number of cyclic esters (lactones) is 1. The molecule has 0 unspecified atom stereocenters. The predicted octanol–water partition coefficient (Wildman–Crippen LogP) is 5.31. The average molecular weight is 501 g/mol. The fourth-order valence-corrected chi connectivity index (χ4v) is 3.65. The first-order valence-corrected chi connectivity index (χ1v) is 11.4. The van der Waals surface area contributed by atoms with Gasteiger partial charge in [-0.1, -0.05) is 65.9 Å². The molecule has 0 saturated heterocycles. The summed E-state index contributed by atoms with van der Waals surface area (Å²) in [5.41, 5.74) is 2.33. The fourth-order valence-electron chi connectivity index (χ4n) is 3.65. The summed E-state index contributed by atoms with van der Waals surface area (Å²) >= 11 is 0. The normalized spacial score (nSPS) is 14.2. The summed E-state index contributed by atoms with van der Waals surface area (Å²) in [7, 11) is 0. The van der Waals surface area contributed by atoms with E-state index in [1.807, 2.05) is 60.7 Å². The summed E-state index contributed by atoms with van der Waals surface area (Å²) in [6, 6.07) is 22.0. The minimum absolute atomic E-state index is 0.0273. The zero-order chi connectivity index (χ0) is 25.6. The number of hydrogen-bond acceptors (Lipinski definition) is 6. The maximum absolute atomic E-state index is 13.6. The quantitative estimate of drug-likeness (QED) is 0.290. The van der Waals surface area contributed by atoms with Crippen LogP contribution in [0.3, 0.4) is 0 Å². The van der Waals surface area contributed by atoms with E-state index in [4.69, 9.17) is 14.2 Å². The van der Waals surface area contributed by atoms with Crippen LogP contribution in [0.5, 0.6) is 0 Å². The Hall–Kier alpha value is -4.79. The second-order valence-electron chi connectivity index (χ2n) is 8.15. The molecule has 1 aliphatic rings. The lowest BCUT2D eigenvalue weighted by molar-refractivity contribution is -0.136. The van der Waals surface area contributed by atoms with Crippen molar-refractivity contribution in [3.8, 4) is 11.3 Å². The molecule has 0 amide bonds. The van der Waals surface area contributed by atoms with Gasteiger partial charge in [-0.3, -0.25) is 0 Å². The first-order valence-electron chi connectivity index (χ1n) is 11.4. The van der Waals surface area contributed by atoms with Crippen molar-refractivity contribution in [2.75, 3.05) is 0 Å². The Morgan fingerprint density at radius 2 is 1.43 bits per heavy atom. The number of halogens is 2. The molecule has 0 saturated carbocycles. The van der Waals surface area contributed by atoms with Gasteiger partial charge >= 0.3 is 5.97 Å². The van der Waals surface area contributed by atoms with E-state index in [1.165, 1.54) is 23.0 Å². The third kappa shape index (κ3) is 5.90. The largest absolute Gasteiger partial charge is 0.481 e. The van der Waals surface area contributed by atoms with E-state index >= 15 is 0 Å². The second kappa shape index (κ2) is 10.9. The molecule has 0 fully saturated rings. The Morgan fingerprint density at radius 3 is 2.05 bits per heavy atom. The third-order valence-corrected chi connectivity index (χ3v) is 5.43. The van der Waals surface area contributed by atoms with E-state index in [0.29, 0.717) is 5.69 Å². The summed E-state index contributed by atoms with van der Waals surface area (Å²) in [6.45, 7) is 0.506. The molecular weight excluding hydrogens is 480 g/mol. The zero-order valence-electron chi connectivity index (χ0n) is 19.5. The molecular formula is C28H21F2N3O4. The van der Waals surface area contributed by atoms with Crippen molar-refractivity contribution < 1.29 is 27.8 Å². The Balaban J connectivity index is 1.37. The second-order valence-corrected chi connectivity index (χ2v) is 8.15. The number of carbonyl (C=O) groups is 1. The molecule has 4 aromatic rings. The van der Waals surface area contributed by atoms with Gasteiger partial charge in [-0.2, -0.15) is 0 Å². The molecule has 0 bridgehead atoms. The number of carbonyl (C=O) groups excluding carboxylic acids is 1. The predicted molar refractivity (Wildman–Crippen MR) is 129 cm³/mol. The molecule has 9 heteroatoms. The third-order valence-electron chi connectivity index (χ3n) is 5.43. The van der Waals surface area contributed by atoms with E-state index in [2.05, 4.69) is 10.3 Å². The number of esters is 1. The lowest BCUT2D eigenvalue weighted by Crippen LogP contribution is -2.04. The van der Waals surface area contributed by atoms with Gasteiger partial charge in [-0.05, 0) is 29.3 Å². The van der Waals surface area contributed by atoms with Gasteiger partial charge in [0.15, 0.2) is 5.76 Å². The van der Waals surface area contributed by atoms with Crippen LogP contribution in [0.25, 0.3) is 11.3 Å². The van der Waals surface area contributed by atoms with Gasteiger partial charge in [0.2, 0.25) is 5.76 Å². The molecule has 0 aliphatic carbocycles. The van der Waals surface area contributed by atoms with Crippen LogP contribution in [0.15, 0.2) is 108 Å². The molecule has 0 radical (unpaired) electrons.